The van der Waals surface area contributed by atoms with Crippen molar-refractivity contribution in [1.29, 1.82) is 0 Å². The predicted molar refractivity (Wildman–Crippen MR) is 87.0 cm³/mol. The molecule has 1 aromatic carbocycles. The van der Waals surface area contributed by atoms with Gasteiger partial charge in [0.15, 0.2) is 0 Å². The molecular weight excluding hydrogens is 276 g/mol. The van der Waals surface area contributed by atoms with E-state index in [1.54, 1.807) is 0 Å². The van der Waals surface area contributed by atoms with Crippen LogP contribution in [0, 0.1) is 0 Å². The number of carbonyl (C=O) groups is 1. The normalized spacial score (nSPS) is 21.9. The fraction of sp³-hybridized carbons (Fsp3) is 0.611. The summed E-state index contributed by atoms with van der Waals surface area (Å²) in [7, 11) is 0. The highest BCUT2D eigenvalue weighted by Crippen LogP contribution is 2.23. The third-order valence-corrected chi connectivity index (χ3v) is 5.04. The van der Waals surface area contributed by atoms with E-state index in [4.69, 9.17) is 4.74 Å². The van der Waals surface area contributed by atoms with Gasteiger partial charge in [0.25, 0.3) is 0 Å². The van der Waals surface area contributed by atoms with Gasteiger partial charge in [-0.25, -0.2) is 4.79 Å². The molecule has 2 heterocycles. The average molecular weight is 302 g/mol. The minimum Gasteiger partial charge on any atom is -0.448 e. The maximum absolute atomic E-state index is 11.6. The second-order valence-electron chi connectivity index (χ2n) is 6.48. The number of carbonyl (C=O) groups excluding carboxylic acids is 1. The van der Waals surface area contributed by atoms with Crippen LogP contribution in [-0.4, -0.2) is 54.7 Å². The number of cyclic esters (lactones) is 1. The van der Waals surface area contributed by atoms with Crippen molar-refractivity contribution < 1.29 is 9.53 Å². The number of ether oxygens (including phenoxy) is 1. The number of nitrogens with zero attached hydrogens (tertiary/aromatic N) is 2. The molecule has 0 unspecified atom stereocenters. The number of likely N-dealkylation sites (tertiary alicyclic amines) is 1. The third kappa shape index (κ3) is 3.61. The van der Waals surface area contributed by atoms with Gasteiger partial charge in [0.05, 0.1) is 6.54 Å². The Hall–Kier alpha value is -1.55. The summed E-state index contributed by atoms with van der Waals surface area (Å²) in [6.45, 7) is 6.98. The summed E-state index contributed by atoms with van der Waals surface area (Å²) in [4.78, 5) is 16.1. The van der Waals surface area contributed by atoms with Crippen molar-refractivity contribution in [2.75, 3.05) is 32.8 Å². The van der Waals surface area contributed by atoms with Crippen LogP contribution in [0.15, 0.2) is 30.3 Å². The van der Waals surface area contributed by atoms with Gasteiger partial charge in [-0.3, -0.25) is 0 Å². The number of hydrogen-bond acceptors (Lipinski definition) is 3. The monoisotopic (exact) mass is 302 g/mol. The van der Waals surface area contributed by atoms with Crippen molar-refractivity contribution >= 4 is 6.09 Å². The number of benzene rings is 1. The molecule has 0 saturated carbocycles. The number of amides is 1. The molecule has 0 bridgehead atoms. The Morgan fingerprint density at radius 2 is 1.91 bits per heavy atom. The first-order valence-electron chi connectivity index (χ1n) is 8.45. The first kappa shape index (κ1) is 15.3. The Balaban J connectivity index is 1.41. The predicted octanol–water partition coefficient (Wildman–Crippen LogP) is 3.10. The van der Waals surface area contributed by atoms with Crippen LogP contribution in [0.4, 0.5) is 4.79 Å². The molecule has 120 valence electrons. The summed E-state index contributed by atoms with van der Waals surface area (Å²) in [5, 5.41) is 0. The van der Waals surface area contributed by atoms with Gasteiger partial charge < -0.3 is 14.5 Å². The highest BCUT2D eigenvalue weighted by Gasteiger charge is 2.32. The molecule has 2 aliphatic heterocycles. The van der Waals surface area contributed by atoms with Crippen molar-refractivity contribution in [1.82, 2.24) is 9.80 Å². The van der Waals surface area contributed by atoms with E-state index in [2.05, 4.69) is 42.2 Å². The van der Waals surface area contributed by atoms with Crippen molar-refractivity contribution in [3.8, 4) is 0 Å². The third-order valence-electron chi connectivity index (χ3n) is 5.04. The van der Waals surface area contributed by atoms with Gasteiger partial charge in [0.2, 0.25) is 0 Å². The molecule has 2 aliphatic rings. The van der Waals surface area contributed by atoms with Gasteiger partial charge in [0, 0.05) is 19.1 Å². The van der Waals surface area contributed by atoms with Crippen LogP contribution in [0.25, 0.3) is 0 Å². The van der Waals surface area contributed by atoms with Crippen LogP contribution in [0.2, 0.25) is 0 Å². The summed E-state index contributed by atoms with van der Waals surface area (Å²) < 4.78 is 5.05. The summed E-state index contributed by atoms with van der Waals surface area (Å²) in [5.74, 6) is 0.604. The lowest BCUT2D eigenvalue weighted by Gasteiger charge is -2.35. The molecule has 0 aromatic heterocycles. The molecule has 1 aromatic rings. The van der Waals surface area contributed by atoms with Gasteiger partial charge >= 0.3 is 6.09 Å². The summed E-state index contributed by atoms with van der Waals surface area (Å²) in [5.41, 5.74) is 1.43. The van der Waals surface area contributed by atoms with Crippen LogP contribution >= 0.6 is 0 Å². The van der Waals surface area contributed by atoms with E-state index in [-0.39, 0.29) is 6.09 Å². The Bertz CT molecular complexity index is 483. The van der Waals surface area contributed by atoms with E-state index in [0.29, 0.717) is 18.6 Å². The van der Waals surface area contributed by atoms with Crippen LogP contribution < -0.4 is 0 Å². The molecule has 0 radical (unpaired) electrons. The zero-order valence-electron chi connectivity index (χ0n) is 13.4. The van der Waals surface area contributed by atoms with Gasteiger partial charge in [-0.2, -0.15) is 0 Å². The van der Waals surface area contributed by atoms with Crippen molar-refractivity contribution in [3.63, 3.8) is 0 Å². The highest BCUT2D eigenvalue weighted by atomic mass is 16.6. The van der Waals surface area contributed by atoms with E-state index < -0.39 is 0 Å². The van der Waals surface area contributed by atoms with Gasteiger partial charge in [-0.05, 0) is 37.3 Å². The SMILES string of the molecule is C[C@@H](CCN1CCC(N2CCOC2=O)CC1)c1ccccc1. The zero-order chi connectivity index (χ0) is 15.4. The number of piperidine rings is 1. The number of hydrogen-bond donors (Lipinski definition) is 0. The molecule has 0 aliphatic carbocycles. The number of rotatable bonds is 5. The van der Waals surface area contributed by atoms with E-state index in [1.165, 1.54) is 12.0 Å². The zero-order valence-corrected chi connectivity index (χ0v) is 13.4. The Kier molecular flexibility index (Phi) is 4.98. The first-order valence-corrected chi connectivity index (χ1v) is 8.45. The standard InChI is InChI=1S/C18H26N2O2/c1-15(16-5-3-2-4-6-16)7-10-19-11-8-17(9-12-19)20-13-14-22-18(20)21/h2-6,15,17H,7-14H2,1H3/t15-/m0/s1. The fourth-order valence-electron chi connectivity index (χ4n) is 3.52. The molecule has 1 atom stereocenters. The molecule has 0 N–H and O–H groups in total. The largest absolute Gasteiger partial charge is 0.448 e. The van der Waals surface area contributed by atoms with E-state index in [1.807, 2.05) is 4.90 Å². The quantitative estimate of drug-likeness (QED) is 0.838. The van der Waals surface area contributed by atoms with Crippen molar-refractivity contribution in [2.24, 2.45) is 0 Å². The van der Waals surface area contributed by atoms with Gasteiger partial charge in [0.1, 0.15) is 6.61 Å². The molecule has 4 nitrogen and oxygen atoms in total. The molecule has 2 saturated heterocycles. The summed E-state index contributed by atoms with van der Waals surface area (Å²) in [6.07, 6.45) is 3.24. The molecular formula is C18H26N2O2. The molecule has 4 heteroatoms. The maximum Gasteiger partial charge on any atom is 0.410 e. The Morgan fingerprint density at radius 3 is 2.55 bits per heavy atom. The van der Waals surface area contributed by atoms with E-state index in [0.717, 1.165) is 39.0 Å². The molecule has 0 spiro atoms. The minimum absolute atomic E-state index is 0.115. The van der Waals surface area contributed by atoms with E-state index >= 15 is 0 Å². The van der Waals surface area contributed by atoms with Crippen molar-refractivity contribution in [2.45, 2.75) is 38.1 Å². The second kappa shape index (κ2) is 7.14. The maximum atomic E-state index is 11.6. The lowest BCUT2D eigenvalue weighted by atomic mass is 9.96. The lowest BCUT2D eigenvalue weighted by molar-refractivity contribution is 0.116. The van der Waals surface area contributed by atoms with Crippen molar-refractivity contribution in [3.05, 3.63) is 35.9 Å². The Morgan fingerprint density at radius 1 is 1.18 bits per heavy atom. The molecule has 1 amide bonds. The fourth-order valence-corrected chi connectivity index (χ4v) is 3.52. The van der Waals surface area contributed by atoms with Crippen LogP contribution in [0.3, 0.4) is 0 Å². The highest BCUT2D eigenvalue weighted by molar-refractivity contribution is 5.69. The second-order valence-corrected chi connectivity index (χ2v) is 6.48. The summed E-state index contributed by atoms with van der Waals surface area (Å²) in [6, 6.07) is 11.1. The van der Waals surface area contributed by atoms with Crippen LogP contribution in [0.1, 0.15) is 37.7 Å². The average Bonchev–Trinajstić information content (AvgIpc) is 3.00. The smallest absolute Gasteiger partial charge is 0.410 e. The topological polar surface area (TPSA) is 32.8 Å². The summed E-state index contributed by atoms with van der Waals surface area (Å²) >= 11 is 0. The van der Waals surface area contributed by atoms with Crippen LogP contribution in [-0.2, 0) is 4.74 Å². The first-order chi connectivity index (χ1) is 10.7. The lowest BCUT2D eigenvalue weighted by Crippen LogP contribution is -2.45. The Labute approximate surface area is 133 Å². The molecule has 2 fully saturated rings. The van der Waals surface area contributed by atoms with Crippen LogP contribution in [0.5, 0.6) is 0 Å². The molecule has 22 heavy (non-hydrogen) atoms. The van der Waals surface area contributed by atoms with E-state index in [9.17, 15) is 4.79 Å². The van der Waals surface area contributed by atoms with Gasteiger partial charge in [-0.15, -0.1) is 0 Å². The van der Waals surface area contributed by atoms with Gasteiger partial charge in [-0.1, -0.05) is 37.3 Å². The minimum atomic E-state index is -0.115. The molecule has 3 rings (SSSR count).